The Hall–Kier alpha value is -0.660. The van der Waals surface area contributed by atoms with Gasteiger partial charge in [-0.3, -0.25) is 4.79 Å². The van der Waals surface area contributed by atoms with Crippen molar-refractivity contribution in [3.8, 4) is 0 Å². The van der Waals surface area contributed by atoms with Crippen LogP contribution in [-0.4, -0.2) is 75.3 Å². The Bertz CT molecular complexity index is 464. The number of amides is 1. The number of quaternary nitrogens is 1. The first kappa shape index (κ1) is 30.5. The number of nitrogens with zero attached hydrogens (tertiary/aromatic N) is 2. The fourth-order valence-electron chi connectivity index (χ4n) is 3.03. The van der Waals surface area contributed by atoms with Crippen LogP contribution in [0.2, 0.25) is 0 Å². The fourth-order valence-corrected chi connectivity index (χ4v) is 3.03. The van der Waals surface area contributed by atoms with Crippen LogP contribution in [-0.2, 0) is 14.9 Å². The number of carbonyl (C=O) groups excluding carboxylic acids is 1. The molecule has 0 aliphatic carbocycles. The summed E-state index contributed by atoms with van der Waals surface area (Å²) in [5, 5.41) is 0. The van der Waals surface area contributed by atoms with Crippen molar-refractivity contribution in [2.75, 3.05) is 47.0 Å². The van der Waals surface area contributed by atoms with E-state index in [2.05, 4.69) is 39.9 Å². The molecule has 0 spiro atoms. The molecule has 0 rings (SSSR count). The third kappa shape index (κ3) is 29.6. The summed E-state index contributed by atoms with van der Waals surface area (Å²) in [6.45, 7) is 7.04. The van der Waals surface area contributed by atoms with Crippen LogP contribution in [0.25, 0.3) is 0 Å². The van der Waals surface area contributed by atoms with Gasteiger partial charge in [-0.1, -0.05) is 78.1 Å². The molecule has 0 bridgehead atoms. The van der Waals surface area contributed by atoms with Crippen molar-refractivity contribution < 1.29 is 22.2 Å². The van der Waals surface area contributed by atoms with Gasteiger partial charge in [0.25, 0.3) is 5.91 Å². The number of carbonyl (C=O) groups is 1. The first-order valence-electron chi connectivity index (χ1n) is 11.4. The van der Waals surface area contributed by atoms with E-state index >= 15 is 0 Å². The molecular formula is C22H48N2O4S. The van der Waals surface area contributed by atoms with Gasteiger partial charge < -0.3 is 13.9 Å². The first-order valence-corrected chi connectivity index (χ1v) is 13.2. The molecule has 0 atom stereocenters. The minimum absolute atomic E-state index is 0.338. The molecule has 0 aliphatic rings. The molecule has 0 saturated heterocycles. The zero-order valence-corrected chi connectivity index (χ0v) is 20.9. The average Bonchev–Trinajstić information content (AvgIpc) is 2.56. The molecular weight excluding hydrogens is 388 g/mol. The molecule has 6 nitrogen and oxygen atoms in total. The largest absolute Gasteiger partial charge is 0.748 e. The van der Waals surface area contributed by atoms with E-state index in [4.69, 9.17) is 13.0 Å². The summed E-state index contributed by atoms with van der Waals surface area (Å²) in [5.41, 5.74) is 0. The van der Waals surface area contributed by atoms with Crippen LogP contribution in [0.4, 0.5) is 0 Å². The SMILES string of the molecule is CCCCCCCCN(CCCCCCCC)C(=O)C[N+](C)(C)C.CS(=O)(=O)[O-]. The van der Waals surface area contributed by atoms with Gasteiger partial charge in [-0.05, 0) is 12.8 Å². The number of unbranched alkanes of at least 4 members (excludes halogenated alkanes) is 10. The van der Waals surface area contributed by atoms with Gasteiger partial charge in [0, 0.05) is 19.3 Å². The zero-order valence-electron chi connectivity index (χ0n) is 20.0. The average molecular weight is 437 g/mol. The molecule has 0 aromatic heterocycles. The molecule has 0 saturated carbocycles. The van der Waals surface area contributed by atoms with Crippen molar-refractivity contribution in [3.05, 3.63) is 0 Å². The highest BCUT2D eigenvalue weighted by atomic mass is 32.2. The topological polar surface area (TPSA) is 77.5 Å². The van der Waals surface area contributed by atoms with Crippen LogP contribution in [0.5, 0.6) is 0 Å². The highest BCUT2D eigenvalue weighted by Gasteiger charge is 2.20. The van der Waals surface area contributed by atoms with Crippen molar-refractivity contribution in [1.29, 1.82) is 0 Å². The van der Waals surface area contributed by atoms with E-state index in [-0.39, 0.29) is 0 Å². The standard InChI is InChI=1S/C21H45N2O.CH4O3S/c1-6-8-10-12-14-16-18-22(21(24)20-23(3,4)5)19-17-15-13-11-9-7-2;1-5(2,3)4/h6-20H2,1-5H3;1H3,(H,2,3,4)/q+1;/p-1. The molecule has 176 valence electrons. The Kier molecular flexibility index (Phi) is 19.1. The monoisotopic (exact) mass is 436 g/mol. The Balaban J connectivity index is 0. The maximum absolute atomic E-state index is 12.6. The predicted molar refractivity (Wildman–Crippen MR) is 122 cm³/mol. The van der Waals surface area contributed by atoms with Crippen LogP contribution in [0.15, 0.2) is 0 Å². The van der Waals surface area contributed by atoms with Crippen molar-refractivity contribution in [3.63, 3.8) is 0 Å². The van der Waals surface area contributed by atoms with Crippen molar-refractivity contribution in [2.45, 2.75) is 90.9 Å². The summed E-state index contributed by atoms with van der Waals surface area (Å²) in [5.74, 6) is 0.338. The number of likely N-dealkylation sites (N-methyl/N-ethyl adjacent to an activating group) is 1. The summed E-state index contributed by atoms with van der Waals surface area (Å²) in [6, 6.07) is 0. The third-order valence-electron chi connectivity index (χ3n) is 4.53. The van der Waals surface area contributed by atoms with E-state index in [1.807, 2.05) is 0 Å². The summed E-state index contributed by atoms with van der Waals surface area (Å²) in [7, 11) is 2.39. The van der Waals surface area contributed by atoms with Crippen LogP contribution < -0.4 is 0 Å². The molecule has 0 radical (unpaired) electrons. The van der Waals surface area contributed by atoms with Crippen LogP contribution in [0, 0.1) is 0 Å². The highest BCUT2D eigenvalue weighted by molar-refractivity contribution is 7.84. The molecule has 0 fully saturated rings. The maximum atomic E-state index is 12.6. The van der Waals surface area contributed by atoms with Gasteiger partial charge in [0.1, 0.15) is 0 Å². The van der Waals surface area contributed by atoms with E-state index < -0.39 is 10.1 Å². The number of rotatable bonds is 16. The molecule has 0 aliphatic heterocycles. The lowest BCUT2D eigenvalue weighted by Gasteiger charge is -2.28. The predicted octanol–water partition coefficient (Wildman–Crippen LogP) is 4.40. The Morgan fingerprint density at radius 3 is 1.38 bits per heavy atom. The lowest BCUT2D eigenvalue weighted by atomic mass is 10.1. The molecule has 1 amide bonds. The molecule has 29 heavy (non-hydrogen) atoms. The first-order chi connectivity index (χ1) is 13.4. The van der Waals surface area contributed by atoms with Crippen molar-refractivity contribution in [2.24, 2.45) is 0 Å². The number of hydrogen-bond acceptors (Lipinski definition) is 4. The summed E-state index contributed by atoms with van der Waals surface area (Å²) < 4.78 is 28.0. The van der Waals surface area contributed by atoms with Crippen molar-refractivity contribution in [1.82, 2.24) is 4.90 Å². The maximum Gasteiger partial charge on any atom is 0.277 e. The van der Waals surface area contributed by atoms with Gasteiger partial charge in [-0.25, -0.2) is 8.42 Å². The fraction of sp³-hybridized carbons (Fsp3) is 0.955. The summed E-state index contributed by atoms with van der Waals surface area (Å²) in [6.07, 6.45) is 16.1. The van der Waals surface area contributed by atoms with E-state index in [9.17, 15) is 4.79 Å². The van der Waals surface area contributed by atoms with E-state index in [1.54, 1.807) is 0 Å². The second-order valence-electron chi connectivity index (χ2n) is 9.07. The van der Waals surface area contributed by atoms with E-state index in [0.717, 1.165) is 17.6 Å². The van der Waals surface area contributed by atoms with Crippen LogP contribution in [0.3, 0.4) is 0 Å². The lowest BCUT2D eigenvalue weighted by molar-refractivity contribution is -0.862. The van der Waals surface area contributed by atoms with Gasteiger partial charge in [0.15, 0.2) is 6.54 Å². The van der Waals surface area contributed by atoms with Gasteiger partial charge in [-0.2, -0.15) is 0 Å². The molecule has 0 unspecified atom stereocenters. The van der Waals surface area contributed by atoms with Gasteiger partial charge in [0.05, 0.1) is 31.3 Å². The van der Waals surface area contributed by atoms with Crippen molar-refractivity contribution >= 4 is 16.0 Å². The molecule has 0 aromatic carbocycles. The third-order valence-corrected chi connectivity index (χ3v) is 4.53. The molecule has 0 heterocycles. The smallest absolute Gasteiger partial charge is 0.277 e. The Morgan fingerprint density at radius 1 is 0.759 bits per heavy atom. The van der Waals surface area contributed by atoms with E-state index in [1.165, 1.54) is 77.0 Å². The van der Waals surface area contributed by atoms with Gasteiger partial charge in [-0.15, -0.1) is 0 Å². The summed E-state index contributed by atoms with van der Waals surface area (Å²) in [4.78, 5) is 14.7. The highest BCUT2D eigenvalue weighted by Crippen LogP contribution is 2.10. The van der Waals surface area contributed by atoms with E-state index in [0.29, 0.717) is 18.7 Å². The summed E-state index contributed by atoms with van der Waals surface area (Å²) >= 11 is 0. The van der Waals surface area contributed by atoms with Gasteiger partial charge >= 0.3 is 0 Å². The molecule has 0 aromatic rings. The minimum atomic E-state index is -3.92. The lowest BCUT2D eigenvalue weighted by Crippen LogP contribution is -2.46. The molecule has 7 heteroatoms. The Labute approximate surface area is 181 Å². The quantitative estimate of drug-likeness (QED) is 0.204. The van der Waals surface area contributed by atoms with Crippen LogP contribution >= 0.6 is 0 Å². The minimum Gasteiger partial charge on any atom is -0.748 e. The zero-order chi connectivity index (χ0) is 22.8. The Morgan fingerprint density at radius 2 is 1.07 bits per heavy atom. The van der Waals surface area contributed by atoms with Gasteiger partial charge in [0.2, 0.25) is 0 Å². The molecule has 0 N–H and O–H groups in total. The normalized spacial score (nSPS) is 11.7. The second kappa shape index (κ2) is 18.1. The number of hydrogen-bond donors (Lipinski definition) is 0. The second-order valence-corrected chi connectivity index (χ2v) is 10.5. The van der Waals surface area contributed by atoms with Crippen LogP contribution in [0.1, 0.15) is 90.9 Å².